The van der Waals surface area contributed by atoms with Gasteiger partial charge in [0.2, 0.25) is 0 Å². The minimum Gasteiger partial charge on any atom is -0.464 e. The first-order chi connectivity index (χ1) is 7.79. The van der Waals surface area contributed by atoms with E-state index in [0.717, 1.165) is 0 Å². The SMILES string of the molecule is CCOC(=O)COP1Oc2ccccc2O1. The molecule has 0 bridgehead atoms. The Morgan fingerprint density at radius 3 is 2.50 bits per heavy atom. The van der Waals surface area contributed by atoms with E-state index >= 15 is 0 Å². The second-order valence-electron chi connectivity index (χ2n) is 2.93. The molecule has 6 heteroatoms. The molecule has 0 amide bonds. The molecule has 1 heterocycles. The molecule has 86 valence electrons. The lowest BCUT2D eigenvalue weighted by Gasteiger charge is -2.06. The van der Waals surface area contributed by atoms with Gasteiger partial charge in [-0.2, -0.15) is 0 Å². The van der Waals surface area contributed by atoms with Crippen LogP contribution in [0, 0.1) is 0 Å². The van der Waals surface area contributed by atoms with Crippen molar-refractivity contribution in [1.29, 1.82) is 0 Å². The summed E-state index contributed by atoms with van der Waals surface area (Å²) < 4.78 is 20.6. The van der Waals surface area contributed by atoms with E-state index in [0.29, 0.717) is 18.1 Å². The van der Waals surface area contributed by atoms with Crippen molar-refractivity contribution in [1.82, 2.24) is 0 Å². The average molecular weight is 242 g/mol. The van der Waals surface area contributed by atoms with Crippen molar-refractivity contribution in [3.8, 4) is 11.5 Å². The molecular formula is C10H11O5P. The lowest BCUT2D eigenvalue weighted by Crippen LogP contribution is -2.11. The molecule has 0 atom stereocenters. The second-order valence-corrected chi connectivity index (χ2v) is 4.00. The van der Waals surface area contributed by atoms with Gasteiger partial charge >= 0.3 is 14.6 Å². The van der Waals surface area contributed by atoms with Crippen LogP contribution in [0.2, 0.25) is 0 Å². The van der Waals surface area contributed by atoms with E-state index in [4.69, 9.17) is 18.3 Å². The maximum atomic E-state index is 11.0. The third-order valence-electron chi connectivity index (χ3n) is 1.79. The summed E-state index contributed by atoms with van der Waals surface area (Å²) in [4.78, 5) is 11.0. The molecule has 0 aliphatic carbocycles. The van der Waals surface area contributed by atoms with E-state index in [1.165, 1.54) is 0 Å². The molecule has 0 spiro atoms. The van der Waals surface area contributed by atoms with Crippen LogP contribution in [0.15, 0.2) is 24.3 Å². The summed E-state index contributed by atoms with van der Waals surface area (Å²) in [6, 6.07) is 7.25. The minimum absolute atomic E-state index is 0.159. The number of rotatable bonds is 4. The first-order valence-electron chi connectivity index (χ1n) is 4.83. The molecular weight excluding hydrogens is 231 g/mol. The van der Waals surface area contributed by atoms with E-state index in [9.17, 15) is 4.79 Å². The summed E-state index contributed by atoms with van der Waals surface area (Å²) in [6.45, 7) is 1.91. The van der Waals surface area contributed by atoms with Gasteiger partial charge in [-0.25, -0.2) is 4.79 Å². The van der Waals surface area contributed by atoms with Crippen molar-refractivity contribution in [2.45, 2.75) is 6.92 Å². The minimum atomic E-state index is -1.52. The molecule has 16 heavy (non-hydrogen) atoms. The molecule has 0 saturated heterocycles. The first-order valence-corrected chi connectivity index (χ1v) is 5.93. The highest BCUT2D eigenvalue weighted by Gasteiger charge is 2.28. The highest BCUT2D eigenvalue weighted by Crippen LogP contribution is 2.52. The lowest BCUT2D eigenvalue weighted by atomic mass is 10.3. The van der Waals surface area contributed by atoms with Gasteiger partial charge in [0.1, 0.15) is 0 Å². The quantitative estimate of drug-likeness (QED) is 0.598. The third-order valence-corrected chi connectivity index (χ3v) is 2.82. The fourth-order valence-electron chi connectivity index (χ4n) is 1.14. The summed E-state index contributed by atoms with van der Waals surface area (Å²) in [5.41, 5.74) is 0. The van der Waals surface area contributed by atoms with Crippen molar-refractivity contribution in [3.05, 3.63) is 24.3 Å². The van der Waals surface area contributed by atoms with Crippen molar-refractivity contribution < 1.29 is 23.1 Å². The fourth-order valence-corrected chi connectivity index (χ4v) is 2.12. The average Bonchev–Trinajstić information content (AvgIpc) is 2.69. The highest BCUT2D eigenvalue weighted by atomic mass is 31.2. The molecule has 2 rings (SSSR count). The number of carbonyl (C=O) groups is 1. The van der Waals surface area contributed by atoms with Crippen molar-refractivity contribution in [3.63, 3.8) is 0 Å². The number of hydrogen-bond donors (Lipinski definition) is 0. The largest absolute Gasteiger partial charge is 0.464 e. The molecule has 1 aliphatic rings. The molecule has 0 saturated carbocycles. The zero-order valence-corrected chi connectivity index (χ0v) is 9.61. The first kappa shape index (κ1) is 11.2. The third kappa shape index (κ3) is 2.62. The van der Waals surface area contributed by atoms with Gasteiger partial charge in [-0.3, -0.25) is 4.52 Å². The van der Waals surface area contributed by atoms with Crippen LogP contribution in [0.4, 0.5) is 0 Å². The number of benzene rings is 1. The topological polar surface area (TPSA) is 54.0 Å². The Bertz CT molecular complexity index is 356. The smallest absolute Gasteiger partial charge is 0.463 e. The van der Waals surface area contributed by atoms with Crippen LogP contribution in [-0.2, 0) is 14.1 Å². The Morgan fingerprint density at radius 1 is 1.31 bits per heavy atom. The number of fused-ring (bicyclic) bond motifs is 1. The Balaban J connectivity index is 1.81. The molecule has 0 N–H and O–H groups in total. The maximum absolute atomic E-state index is 11.0. The normalized spacial score (nSPS) is 13.8. The van der Waals surface area contributed by atoms with Gasteiger partial charge in [0.25, 0.3) is 0 Å². The standard InChI is InChI=1S/C10H11O5P/c1-2-12-10(11)7-13-16-14-8-5-3-4-6-9(8)15-16/h3-6H,2,7H2,1H3. The van der Waals surface area contributed by atoms with Gasteiger partial charge < -0.3 is 13.8 Å². The van der Waals surface area contributed by atoms with Crippen LogP contribution in [0.1, 0.15) is 6.92 Å². The van der Waals surface area contributed by atoms with Crippen molar-refractivity contribution >= 4 is 14.6 Å². The molecule has 1 aliphatic heterocycles. The van der Waals surface area contributed by atoms with Gasteiger partial charge in [0.05, 0.1) is 6.61 Å². The molecule has 1 aromatic carbocycles. The molecule has 1 aromatic rings. The van der Waals surface area contributed by atoms with Gasteiger partial charge in [0.15, 0.2) is 18.1 Å². The van der Waals surface area contributed by atoms with E-state index in [1.807, 2.05) is 12.1 Å². The predicted molar refractivity (Wildman–Crippen MR) is 57.2 cm³/mol. The Morgan fingerprint density at radius 2 is 1.94 bits per heavy atom. The molecule has 0 aromatic heterocycles. The zero-order chi connectivity index (χ0) is 11.4. The summed E-state index contributed by atoms with van der Waals surface area (Å²) in [5, 5.41) is 0. The van der Waals surface area contributed by atoms with Gasteiger partial charge in [0, 0.05) is 0 Å². The number of esters is 1. The van der Waals surface area contributed by atoms with Crippen LogP contribution in [0.5, 0.6) is 11.5 Å². The second kappa shape index (κ2) is 5.14. The summed E-state index contributed by atoms with van der Waals surface area (Å²) in [5.74, 6) is 0.850. The van der Waals surface area contributed by atoms with Gasteiger partial charge in [-0.05, 0) is 19.1 Å². The predicted octanol–water partition coefficient (Wildman–Crippen LogP) is 2.26. The molecule has 5 nitrogen and oxygen atoms in total. The number of hydrogen-bond acceptors (Lipinski definition) is 5. The summed E-state index contributed by atoms with van der Waals surface area (Å²) >= 11 is 0. The number of ether oxygens (including phenoxy) is 1. The van der Waals surface area contributed by atoms with Crippen LogP contribution in [0.3, 0.4) is 0 Å². The maximum Gasteiger partial charge on any atom is 0.463 e. The van der Waals surface area contributed by atoms with E-state index in [-0.39, 0.29) is 6.61 Å². The van der Waals surface area contributed by atoms with Crippen LogP contribution >= 0.6 is 8.60 Å². The van der Waals surface area contributed by atoms with Crippen molar-refractivity contribution in [2.24, 2.45) is 0 Å². The summed E-state index contributed by atoms with van der Waals surface area (Å²) in [7, 11) is -1.52. The summed E-state index contributed by atoms with van der Waals surface area (Å²) in [6.07, 6.45) is 0. The van der Waals surface area contributed by atoms with Gasteiger partial charge in [-0.1, -0.05) is 12.1 Å². The molecule has 0 unspecified atom stereocenters. The van der Waals surface area contributed by atoms with Crippen molar-refractivity contribution in [2.75, 3.05) is 13.2 Å². The lowest BCUT2D eigenvalue weighted by molar-refractivity contribution is -0.145. The monoisotopic (exact) mass is 242 g/mol. The van der Waals surface area contributed by atoms with Crippen LogP contribution < -0.4 is 9.05 Å². The Labute approximate surface area is 94.3 Å². The number of para-hydroxylation sites is 2. The fraction of sp³-hybridized carbons (Fsp3) is 0.300. The van der Waals surface area contributed by atoms with Gasteiger partial charge in [-0.15, -0.1) is 0 Å². The highest BCUT2D eigenvalue weighted by molar-refractivity contribution is 7.43. The Kier molecular flexibility index (Phi) is 3.59. The van der Waals surface area contributed by atoms with E-state index in [1.54, 1.807) is 19.1 Å². The zero-order valence-electron chi connectivity index (χ0n) is 8.71. The number of carbonyl (C=O) groups excluding carboxylic acids is 1. The van der Waals surface area contributed by atoms with Crippen LogP contribution in [0.25, 0.3) is 0 Å². The molecule has 0 fully saturated rings. The van der Waals surface area contributed by atoms with E-state index < -0.39 is 14.6 Å². The van der Waals surface area contributed by atoms with Crippen LogP contribution in [-0.4, -0.2) is 19.2 Å². The molecule has 0 radical (unpaired) electrons. The Hall–Kier alpha value is -1.32. The van der Waals surface area contributed by atoms with E-state index in [2.05, 4.69) is 0 Å².